The molecule has 3 aromatic rings. The van der Waals surface area contributed by atoms with Gasteiger partial charge in [0.2, 0.25) is 11.2 Å². The second-order valence-electron chi connectivity index (χ2n) is 5.03. The highest BCUT2D eigenvalue weighted by atomic mass is 35.5. The molecule has 0 aliphatic carbocycles. The lowest BCUT2D eigenvalue weighted by Crippen LogP contribution is -2.14. The normalized spacial score (nSPS) is 10.6. The molecular weight excluding hydrogens is 348 g/mol. The maximum absolute atomic E-state index is 12.5. The van der Waals surface area contributed by atoms with Gasteiger partial charge in [-0.1, -0.05) is 23.7 Å². The van der Waals surface area contributed by atoms with Crippen LogP contribution in [-0.4, -0.2) is 19.7 Å². The molecule has 1 heterocycles. The number of rotatable bonds is 5. The first-order valence-electron chi connectivity index (χ1n) is 7.26. The van der Waals surface area contributed by atoms with Crippen molar-refractivity contribution in [1.82, 2.24) is 0 Å². The summed E-state index contributed by atoms with van der Waals surface area (Å²) in [7, 11) is 1.39. The van der Waals surface area contributed by atoms with Crippen molar-refractivity contribution in [3.8, 4) is 17.2 Å². The zero-order valence-electron chi connectivity index (χ0n) is 13.2. The summed E-state index contributed by atoms with van der Waals surface area (Å²) in [6.45, 7) is -0.174. The standard InChI is InChI=1S/C18H13ClO6/c1-22-10-17(20)24-11-6-7-12-15(8-11)23-9-16(18(12)21)25-14-5-3-2-4-13(14)19/h2-9H,10H2,1H3. The van der Waals surface area contributed by atoms with Crippen molar-refractivity contribution in [2.75, 3.05) is 13.7 Å². The number of hydrogen-bond donors (Lipinski definition) is 0. The number of carbonyl (C=O) groups is 1. The summed E-state index contributed by atoms with van der Waals surface area (Å²) in [6, 6.07) is 11.2. The van der Waals surface area contributed by atoms with Gasteiger partial charge in [0.25, 0.3) is 0 Å². The second-order valence-corrected chi connectivity index (χ2v) is 5.43. The molecule has 0 amide bonds. The van der Waals surface area contributed by atoms with Crippen molar-refractivity contribution in [3.05, 3.63) is 64.0 Å². The summed E-state index contributed by atoms with van der Waals surface area (Å²) >= 11 is 6.02. The number of para-hydroxylation sites is 1. The third-order valence-electron chi connectivity index (χ3n) is 3.26. The van der Waals surface area contributed by atoms with Gasteiger partial charge in [0.1, 0.15) is 30.0 Å². The van der Waals surface area contributed by atoms with Gasteiger partial charge in [0, 0.05) is 13.2 Å². The SMILES string of the molecule is COCC(=O)Oc1ccc2c(=O)c(Oc3ccccc3Cl)coc2c1. The van der Waals surface area contributed by atoms with E-state index in [-0.39, 0.29) is 34.5 Å². The Hall–Kier alpha value is -2.83. The van der Waals surface area contributed by atoms with Gasteiger partial charge in [0.15, 0.2) is 0 Å². The van der Waals surface area contributed by atoms with Crippen LogP contribution in [0.15, 0.2) is 57.9 Å². The summed E-state index contributed by atoms with van der Waals surface area (Å²) in [4.78, 5) is 24.0. The van der Waals surface area contributed by atoms with Crippen molar-refractivity contribution >= 4 is 28.5 Å². The lowest BCUT2D eigenvalue weighted by atomic mass is 10.2. The highest BCUT2D eigenvalue weighted by Gasteiger charge is 2.12. The Balaban J connectivity index is 1.91. The Bertz CT molecular complexity index is 979. The fourth-order valence-corrected chi connectivity index (χ4v) is 2.32. The van der Waals surface area contributed by atoms with Crippen molar-refractivity contribution in [2.45, 2.75) is 0 Å². The fraction of sp³-hybridized carbons (Fsp3) is 0.111. The first-order valence-corrected chi connectivity index (χ1v) is 7.64. The molecule has 2 aromatic carbocycles. The topological polar surface area (TPSA) is 75.0 Å². The van der Waals surface area contributed by atoms with E-state index in [0.717, 1.165) is 0 Å². The van der Waals surface area contributed by atoms with E-state index in [0.29, 0.717) is 10.8 Å². The predicted octanol–water partition coefficient (Wildman–Crippen LogP) is 3.79. The van der Waals surface area contributed by atoms with Gasteiger partial charge in [0.05, 0.1) is 10.4 Å². The van der Waals surface area contributed by atoms with Crippen LogP contribution in [0.3, 0.4) is 0 Å². The van der Waals surface area contributed by atoms with Gasteiger partial charge >= 0.3 is 5.97 Å². The molecule has 0 radical (unpaired) electrons. The zero-order chi connectivity index (χ0) is 17.8. The molecule has 0 saturated carbocycles. The number of fused-ring (bicyclic) bond motifs is 1. The largest absolute Gasteiger partial charge is 0.460 e. The molecule has 0 fully saturated rings. The highest BCUT2D eigenvalue weighted by molar-refractivity contribution is 6.32. The summed E-state index contributed by atoms with van der Waals surface area (Å²) < 4.78 is 20.7. The van der Waals surface area contributed by atoms with E-state index < -0.39 is 5.97 Å². The van der Waals surface area contributed by atoms with Crippen LogP contribution in [0, 0.1) is 0 Å². The third kappa shape index (κ3) is 3.81. The van der Waals surface area contributed by atoms with E-state index in [1.54, 1.807) is 24.3 Å². The van der Waals surface area contributed by atoms with Crippen LogP contribution < -0.4 is 14.9 Å². The Labute approximate surface area is 147 Å². The summed E-state index contributed by atoms with van der Waals surface area (Å²) in [6.07, 6.45) is 1.19. The molecule has 128 valence electrons. The molecule has 0 aliphatic rings. The summed E-state index contributed by atoms with van der Waals surface area (Å²) in [5.74, 6) is 0.0472. The van der Waals surface area contributed by atoms with E-state index in [1.165, 1.54) is 31.6 Å². The molecular formula is C18H13ClO6. The van der Waals surface area contributed by atoms with Crippen molar-refractivity contribution in [1.29, 1.82) is 0 Å². The molecule has 3 rings (SSSR count). The van der Waals surface area contributed by atoms with Crippen LogP contribution in [0.25, 0.3) is 11.0 Å². The molecule has 25 heavy (non-hydrogen) atoms. The van der Waals surface area contributed by atoms with Crippen LogP contribution in [0.4, 0.5) is 0 Å². The molecule has 0 aliphatic heterocycles. The molecule has 0 N–H and O–H groups in total. The van der Waals surface area contributed by atoms with Crippen molar-refractivity contribution in [2.24, 2.45) is 0 Å². The van der Waals surface area contributed by atoms with Gasteiger partial charge in [-0.05, 0) is 24.3 Å². The quantitative estimate of drug-likeness (QED) is 0.509. The van der Waals surface area contributed by atoms with Gasteiger partial charge in [-0.25, -0.2) is 4.79 Å². The van der Waals surface area contributed by atoms with E-state index >= 15 is 0 Å². The number of benzene rings is 2. The monoisotopic (exact) mass is 360 g/mol. The number of halogens is 1. The minimum absolute atomic E-state index is 0.00438. The molecule has 0 saturated heterocycles. The van der Waals surface area contributed by atoms with Gasteiger partial charge in [-0.3, -0.25) is 4.79 Å². The molecule has 1 aromatic heterocycles. The second kappa shape index (κ2) is 7.38. The van der Waals surface area contributed by atoms with Crippen LogP contribution >= 0.6 is 11.6 Å². The maximum atomic E-state index is 12.5. The molecule has 0 atom stereocenters. The lowest BCUT2D eigenvalue weighted by molar-refractivity contribution is -0.138. The van der Waals surface area contributed by atoms with Crippen LogP contribution in [0.2, 0.25) is 5.02 Å². The van der Waals surface area contributed by atoms with E-state index in [1.807, 2.05) is 0 Å². The average molecular weight is 361 g/mol. The number of hydrogen-bond acceptors (Lipinski definition) is 6. The van der Waals surface area contributed by atoms with Crippen LogP contribution in [0.1, 0.15) is 0 Å². The van der Waals surface area contributed by atoms with E-state index in [2.05, 4.69) is 4.74 Å². The maximum Gasteiger partial charge on any atom is 0.337 e. The Morgan fingerprint density at radius 2 is 1.96 bits per heavy atom. The van der Waals surface area contributed by atoms with Gasteiger partial charge < -0.3 is 18.6 Å². The van der Waals surface area contributed by atoms with Crippen LogP contribution in [-0.2, 0) is 9.53 Å². The zero-order valence-corrected chi connectivity index (χ0v) is 13.9. The average Bonchev–Trinajstić information content (AvgIpc) is 2.59. The Morgan fingerprint density at radius 1 is 1.16 bits per heavy atom. The number of carbonyl (C=O) groups excluding carboxylic acids is 1. The Kier molecular flexibility index (Phi) is 5.02. The van der Waals surface area contributed by atoms with Crippen LogP contribution in [0.5, 0.6) is 17.2 Å². The fourth-order valence-electron chi connectivity index (χ4n) is 2.15. The van der Waals surface area contributed by atoms with Gasteiger partial charge in [-0.15, -0.1) is 0 Å². The highest BCUT2D eigenvalue weighted by Crippen LogP contribution is 2.28. The molecule has 0 unspecified atom stereocenters. The number of ether oxygens (including phenoxy) is 3. The van der Waals surface area contributed by atoms with Crippen molar-refractivity contribution in [3.63, 3.8) is 0 Å². The molecule has 0 spiro atoms. The molecule has 7 heteroatoms. The smallest absolute Gasteiger partial charge is 0.337 e. The Morgan fingerprint density at radius 3 is 2.72 bits per heavy atom. The molecule has 6 nitrogen and oxygen atoms in total. The third-order valence-corrected chi connectivity index (χ3v) is 3.58. The van der Waals surface area contributed by atoms with Crippen molar-refractivity contribution < 1.29 is 23.4 Å². The minimum Gasteiger partial charge on any atom is -0.460 e. The lowest BCUT2D eigenvalue weighted by Gasteiger charge is -2.08. The summed E-state index contributed by atoms with van der Waals surface area (Å²) in [5, 5.41) is 0.665. The van der Waals surface area contributed by atoms with E-state index in [4.69, 9.17) is 25.5 Å². The molecule has 0 bridgehead atoms. The first kappa shape index (κ1) is 17.0. The van der Waals surface area contributed by atoms with E-state index in [9.17, 15) is 9.59 Å². The first-order chi connectivity index (χ1) is 12.1. The number of methoxy groups -OCH3 is 1. The predicted molar refractivity (Wildman–Crippen MR) is 91.5 cm³/mol. The van der Waals surface area contributed by atoms with Gasteiger partial charge in [-0.2, -0.15) is 0 Å². The number of esters is 1. The minimum atomic E-state index is -0.553. The summed E-state index contributed by atoms with van der Waals surface area (Å²) in [5.41, 5.74) is -0.102.